The lowest BCUT2D eigenvalue weighted by Gasteiger charge is -1.97. The summed E-state index contributed by atoms with van der Waals surface area (Å²) in [6, 6.07) is 16.9. The molecule has 0 aliphatic carbocycles. The van der Waals surface area contributed by atoms with Crippen LogP contribution in [0.25, 0.3) is 28.6 Å². The Bertz CT molecular complexity index is 1210. The van der Waals surface area contributed by atoms with Crippen LogP contribution in [0.3, 0.4) is 0 Å². The fourth-order valence-corrected chi connectivity index (χ4v) is 3.13. The highest BCUT2D eigenvalue weighted by Gasteiger charge is 2.09. The van der Waals surface area contributed by atoms with Gasteiger partial charge in [-0.2, -0.15) is 0 Å². The highest BCUT2D eigenvalue weighted by Crippen LogP contribution is 2.27. The molecular formula is C22H13Cl2FN2O. The standard InChI is InChI=1S/C22H13Cl2FN2O/c23-16-7-6-14(19(24)12-16)4-2-10-26-18-8-9-21-20(13-18)27-22(28-21)15-3-1-5-17(25)11-15/h1-13H/b4-2+,26-10?. The van der Waals surface area contributed by atoms with Crippen LogP contribution < -0.4 is 0 Å². The van der Waals surface area contributed by atoms with Crippen LogP contribution in [0.5, 0.6) is 0 Å². The van der Waals surface area contributed by atoms with E-state index < -0.39 is 0 Å². The molecule has 0 radical (unpaired) electrons. The largest absolute Gasteiger partial charge is 0.436 e. The van der Waals surface area contributed by atoms with E-state index in [1.54, 1.807) is 48.7 Å². The first-order valence-corrected chi connectivity index (χ1v) is 9.16. The van der Waals surface area contributed by atoms with Crippen molar-refractivity contribution >= 4 is 52.3 Å². The maximum absolute atomic E-state index is 13.4. The second-order valence-electron chi connectivity index (χ2n) is 5.98. The van der Waals surface area contributed by atoms with Crippen LogP contribution >= 0.6 is 23.2 Å². The average molecular weight is 411 g/mol. The summed E-state index contributed by atoms with van der Waals surface area (Å²) in [5.74, 6) is 0.0329. The first-order valence-electron chi connectivity index (χ1n) is 8.41. The molecule has 1 aromatic heterocycles. The molecule has 0 atom stereocenters. The lowest BCUT2D eigenvalue weighted by Crippen LogP contribution is -1.78. The monoisotopic (exact) mass is 410 g/mol. The summed E-state index contributed by atoms with van der Waals surface area (Å²) in [5.41, 5.74) is 3.42. The Morgan fingerprint density at radius 1 is 1.00 bits per heavy atom. The maximum atomic E-state index is 13.4. The van der Waals surface area contributed by atoms with Gasteiger partial charge in [-0.3, -0.25) is 4.99 Å². The van der Waals surface area contributed by atoms with Crippen molar-refractivity contribution < 1.29 is 8.81 Å². The number of aliphatic imine (C=N–C) groups is 1. The van der Waals surface area contributed by atoms with Gasteiger partial charge in [0.15, 0.2) is 5.58 Å². The predicted molar refractivity (Wildman–Crippen MR) is 113 cm³/mol. The Labute approximate surface area is 170 Å². The van der Waals surface area contributed by atoms with E-state index >= 15 is 0 Å². The minimum atomic E-state index is -0.336. The number of benzene rings is 3. The summed E-state index contributed by atoms with van der Waals surface area (Å²) in [7, 11) is 0. The molecule has 0 spiro atoms. The summed E-state index contributed by atoms with van der Waals surface area (Å²) < 4.78 is 19.1. The number of oxazole rings is 1. The van der Waals surface area contributed by atoms with E-state index in [1.807, 2.05) is 18.2 Å². The van der Waals surface area contributed by atoms with Gasteiger partial charge in [0.05, 0.1) is 5.69 Å². The molecule has 6 heteroatoms. The Morgan fingerprint density at radius 3 is 2.71 bits per heavy atom. The van der Waals surface area contributed by atoms with Crippen molar-refractivity contribution in [3.05, 3.63) is 88.2 Å². The van der Waals surface area contributed by atoms with E-state index in [0.29, 0.717) is 32.6 Å². The quantitative estimate of drug-likeness (QED) is 0.329. The number of hydrogen-bond donors (Lipinski definition) is 0. The predicted octanol–water partition coefficient (Wildman–Crippen LogP) is 7.36. The molecule has 138 valence electrons. The fraction of sp³-hybridized carbons (Fsp3) is 0. The van der Waals surface area contributed by atoms with Crippen molar-refractivity contribution in [3.63, 3.8) is 0 Å². The van der Waals surface area contributed by atoms with Gasteiger partial charge in [-0.05, 0) is 60.2 Å². The van der Waals surface area contributed by atoms with Crippen LogP contribution in [0, 0.1) is 5.82 Å². The van der Waals surface area contributed by atoms with Gasteiger partial charge in [-0.1, -0.05) is 41.4 Å². The van der Waals surface area contributed by atoms with Crippen LogP contribution in [0.1, 0.15) is 5.56 Å². The van der Waals surface area contributed by atoms with Crippen LogP contribution in [0.4, 0.5) is 10.1 Å². The number of aromatic nitrogens is 1. The molecule has 0 aliphatic rings. The molecule has 0 saturated heterocycles. The van der Waals surface area contributed by atoms with Gasteiger partial charge in [0.1, 0.15) is 11.3 Å². The molecular weight excluding hydrogens is 398 g/mol. The summed E-state index contributed by atoms with van der Waals surface area (Å²) in [6.07, 6.45) is 5.30. The summed E-state index contributed by atoms with van der Waals surface area (Å²) >= 11 is 12.0. The third-order valence-corrected chi connectivity index (χ3v) is 4.55. The van der Waals surface area contributed by atoms with Gasteiger partial charge < -0.3 is 4.42 Å². The molecule has 0 saturated carbocycles. The van der Waals surface area contributed by atoms with E-state index in [9.17, 15) is 4.39 Å². The van der Waals surface area contributed by atoms with Crippen molar-refractivity contribution in [2.24, 2.45) is 4.99 Å². The number of hydrogen-bond acceptors (Lipinski definition) is 3. The third kappa shape index (κ3) is 4.14. The fourth-order valence-electron chi connectivity index (χ4n) is 2.65. The molecule has 0 amide bonds. The molecule has 0 fully saturated rings. The number of fused-ring (bicyclic) bond motifs is 1. The van der Waals surface area contributed by atoms with Gasteiger partial charge in [0.2, 0.25) is 5.89 Å². The van der Waals surface area contributed by atoms with E-state index in [-0.39, 0.29) is 5.82 Å². The van der Waals surface area contributed by atoms with Gasteiger partial charge >= 0.3 is 0 Å². The number of rotatable bonds is 4. The minimum Gasteiger partial charge on any atom is -0.436 e. The molecule has 3 nitrogen and oxygen atoms in total. The smallest absolute Gasteiger partial charge is 0.227 e. The molecule has 3 aromatic carbocycles. The second-order valence-corrected chi connectivity index (χ2v) is 6.83. The SMILES string of the molecule is Fc1cccc(-c2nc3cc(N=C/C=C/c4ccc(Cl)cc4Cl)ccc3o2)c1. The van der Waals surface area contributed by atoms with Crippen molar-refractivity contribution in [3.8, 4) is 11.5 Å². The van der Waals surface area contributed by atoms with Crippen LogP contribution in [-0.4, -0.2) is 11.2 Å². The van der Waals surface area contributed by atoms with Crippen LogP contribution in [0.15, 0.2) is 76.1 Å². The van der Waals surface area contributed by atoms with Crippen LogP contribution in [-0.2, 0) is 0 Å². The van der Waals surface area contributed by atoms with Gasteiger partial charge in [0, 0.05) is 21.8 Å². The van der Waals surface area contributed by atoms with Crippen molar-refractivity contribution in [2.75, 3.05) is 0 Å². The molecule has 0 N–H and O–H groups in total. The molecule has 4 rings (SSSR count). The molecule has 4 aromatic rings. The summed E-state index contributed by atoms with van der Waals surface area (Å²) in [4.78, 5) is 8.82. The number of nitrogens with zero attached hydrogens (tertiary/aromatic N) is 2. The maximum Gasteiger partial charge on any atom is 0.227 e. The lowest BCUT2D eigenvalue weighted by atomic mass is 10.2. The van der Waals surface area contributed by atoms with Gasteiger partial charge in [0.25, 0.3) is 0 Å². The zero-order chi connectivity index (χ0) is 19.5. The average Bonchev–Trinajstić information content (AvgIpc) is 3.10. The highest BCUT2D eigenvalue weighted by molar-refractivity contribution is 6.35. The Kier molecular flexibility index (Phi) is 5.24. The highest BCUT2D eigenvalue weighted by atomic mass is 35.5. The van der Waals surface area contributed by atoms with Crippen LogP contribution in [0.2, 0.25) is 10.0 Å². The van der Waals surface area contributed by atoms with E-state index in [1.165, 1.54) is 12.1 Å². The lowest BCUT2D eigenvalue weighted by molar-refractivity contribution is 0.611. The molecule has 0 aliphatic heterocycles. The normalized spacial score (nSPS) is 11.8. The molecule has 1 heterocycles. The Balaban J connectivity index is 1.54. The number of halogens is 3. The van der Waals surface area contributed by atoms with Crippen molar-refractivity contribution in [1.29, 1.82) is 0 Å². The van der Waals surface area contributed by atoms with Gasteiger partial charge in [-0.15, -0.1) is 0 Å². The Hall–Kier alpha value is -2.95. The molecule has 0 unspecified atom stereocenters. The van der Waals surface area contributed by atoms with Crippen molar-refractivity contribution in [2.45, 2.75) is 0 Å². The third-order valence-electron chi connectivity index (χ3n) is 3.99. The number of allylic oxidation sites excluding steroid dienone is 1. The van der Waals surface area contributed by atoms with E-state index in [2.05, 4.69) is 9.98 Å². The molecule has 28 heavy (non-hydrogen) atoms. The first kappa shape index (κ1) is 18.4. The summed E-state index contributed by atoms with van der Waals surface area (Å²) in [6.45, 7) is 0. The minimum absolute atomic E-state index is 0.336. The van der Waals surface area contributed by atoms with Crippen molar-refractivity contribution in [1.82, 2.24) is 4.98 Å². The second kappa shape index (κ2) is 7.97. The summed E-state index contributed by atoms with van der Waals surface area (Å²) in [5, 5.41) is 1.17. The zero-order valence-electron chi connectivity index (χ0n) is 14.4. The molecule has 0 bridgehead atoms. The Morgan fingerprint density at radius 2 is 1.89 bits per heavy atom. The topological polar surface area (TPSA) is 38.4 Å². The first-order chi connectivity index (χ1) is 13.6. The zero-order valence-corrected chi connectivity index (χ0v) is 16.0. The van der Waals surface area contributed by atoms with E-state index in [4.69, 9.17) is 27.6 Å². The van der Waals surface area contributed by atoms with Gasteiger partial charge in [-0.25, -0.2) is 9.37 Å². The van der Waals surface area contributed by atoms with E-state index in [0.717, 1.165) is 11.3 Å².